The van der Waals surface area contributed by atoms with E-state index in [1.54, 1.807) is 18.3 Å². The average molecular weight is 247 g/mol. The minimum Gasteiger partial charge on any atom is -0.507 e. The Hall–Kier alpha value is -2.68. The molecule has 3 nitrogen and oxygen atoms in total. The summed E-state index contributed by atoms with van der Waals surface area (Å²) in [4.78, 5) is 16.6. The van der Waals surface area contributed by atoms with E-state index in [9.17, 15) is 9.90 Å². The summed E-state index contributed by atoms with van der Waals surface area (Å²) in [6.45, 7) is 0. The maximum absolute atomic E-state index is 12.3. The molecule has 1 aromatic heterocycles. The van der Waals surface area contributed by atoms with Gasteiger partial charge in [-0.2, -0.15) is 0 Å². The summed E-state index contributed by atoms with van der Waals surface area (Å²) in [5.41, 5.74) is 3.61. The first kappa shape index (κ1) is 10.3. The van der Waals surface area contributed by atoms with Crippen molar-refractivity contribution in [3.05, 3.63) is 59.8 Å². The van der Waals surface area contributed by atoms with Crippen LogP contribution in [0.5, 0.6) is 5.75 Å². The summed E-state index contributed by atoms with van der Waals surface area (Å²) in [6, 6.07) is 12.7. The second kappa shape index (κ2) is 3.42. The summed E-state index contributed by atoms with van der Waals surface area (Å²) >= 11 is 0. The summed E-state index contributed by atoms with van der Waals surface area (Å²) in [7, 11) is 0. The highest BCUT2D eigenvalue weighted by atomic mass is 16.3. The highest BCUT2D eigenvalue weighted by molar-refractivity contribution is 6.26. The third-order valence-electron chi connectivity index (χ3n) is 3.56. The smallest absolute Gasteiger partial charge is 0.195 e. The lowest BCUT2D eigenvalue weighted by atomic mass is 10.0. The van der Waals surface area contributed by atoms with Crippen LogP contribution < -0.4 is 0 Å². The Bertz CT molecular complexity index is 852. The first-order valence-electron chi connectivity index (χ1n) is 6.02. The molecule has 0 saturated carbocycles. The Kier molecular flexibility index (Phi) is 1.85. The van der Waals surface area contributed by atoms with Crippen LogP contribution in [0.4, 0.5) is 0 Å². The number of carbonyl (C=O) groups excluding carboxylic acids is 1. The van der Waals surface area contributed by atoms with Crippen molar-refractivity contribution in [1.82, 2.24) is 4.98 Å². The van der Waals surface area contributed by atoms with Crippen molar-refractivity contribution in [3.8, 4) is 16.9 Å². The van der Waals surface area contributed by atoms with Gasteiger partial charge < -0.3 is 5.11 Å². The van der Waals surface area contributed by atoms with Crippen molar-refractivity contribution < 1.29 is 9.90 Å². The van der Waals surface area contributed by atoms with Crippen LogP contribution in [-0.4, -0.2) is 15.9 Å². The van der Waals surface area contributed by atoms with Crippen LogP contribution in [0.15, 0.2) is 48.7 Å². The maximum Gasteiger partial charge on any atom is 0.195 e. The van der Waals surface area contributed by atoms with Crippen LogP contribution in [0, 0.1) is 0 Å². The molecule has 0 radical (unpaired) electrons. The largest absolute Gasteiger partial charge is 0.507 e. The zero-order chi connectivity index (χ0) is 13.0. The van der Waals surface area contributed by atoms with Crippen molar-refractivity contribution >= 4 is 16.7 Å². The molecule has 1 aliphatic carbocycles. The number of carbonyl (C=O) groups is 1. The molecule has 3 aromatic rings. The lowest BCUT2D eigenvalue weighted by Gasteiger charge is -2.06. The lowest BCUT2D eigenvalue weighted by Crippen LogP contribution is -1.95. The first-order chi connectivity index (χ1) is 9.27. The number of pyridine rings is 1. The highest BCUT2D eigenvalue weighted by Crippen LogP contribution is 2.43. The number of fused-ring (bicyclic) bond motifs is 5. The van der Waals surface area contributed by atoms with Crippen LogP contribution in [0.1, 0.15) is 15.9 Å². The van der Waals surface area contributed by atoms with Gasteiger partial charge in [-0.25, -0.2) is 0 Å². The Labute approximate surface area is 109 Å². The third-order valence-corrected chi connectivity index (χ3v) is 3.56. The van der Waals surface area contributed by atoms with Gasteiger partial charge in [-0.15, -0.1) is 0 Å². The van der Waals surface area contributed by atoms with Crippen LogP contribution in [0.3, 0.4) is 0 Å². The molecule has 4 rings (SSSR count). The Morgan fingerprint density at radius 2 is 1.68 bits per heavy atom. The number of phenolic OH excluding ortho intramolecular Hbond substituents is 1. The van der Waals surface area contributed by atoms with Crippen molar-refractivity contribution in [2.75, 3.05) is 0 Å². The number of aromatic nitrogens is 1. The molecule has 0 amide bonds. The molecule has 2 aromatic carbocycles. The van der Waals surface area contributed by atoms with Gasteiger partial charge in [-0.1, -0.05) is 30.3 Å². The lowest BCUT2D eigenvalue weighted by molar-refractivity contribution is 0.104. The van der Waals surface area contributed by atoms with Gasteiger partial charge in [0.05, 0.1) is 10.9 Å². The molecule has 0 bridgehead atoms. The normalized spacial score (nSPS) is 12.5. The predicted molar refractivity (Wildman–Crippen MR) is 72.3 cm³/mol. The van der Waals surface area contributed by atoms with Crippen LogP contribution in [0.25, 0.3) is 22.0 Å². The van der Waals surface area contributed by atoms with E-state index in [4.69, 9.17) is 0 Å². The first-order valence-corrected chi connectivity index (χ1v) is 6.02. The number of nitrogens with zero attached hydrogens (tertiary/aromatic N) is 1. The second-order valence-corrected chi connectivity index (χ2v) is 4.59. The molecule has 1 N–H and O–H groups in total. The van der Waals surface area contributed by atoms with Gasteiger partial charge in [0, 0.05) is 22.9 Å². The van der Waals surface area contributed by atoms with Gasteiger partial charge in [-0.05, 0) is 17.7 Å². The number of benzene rings is 2. The van der Waals surface area contributed by atoms with Crippen molar-refractivity contribution in [2.45, 2.75) is 0 Å². The molecule has 0 atom stereocenters. The number of hydrogen-bond donors (Lipinski definition) is 1. The van der Waals surface area contributed by atoms with E-state index in [-0.39, 0.29) is 11.5 Å². The summed E-state index contributed by atoms with van der Waals surface area (Å²) in [5.74, 6) is 0.134. The van der Waals surface area contributed by atoms with E-state index in [0.29, 0.717) is 22.0 Å². The van der Waals surface area contributed by atoms with Gasteiger partial charge in [0.1, 0.15) is 5.75 Å². The van der Waals surface area contributed by atoms with Crippen molar-refractivity contribution in [3.63, 3.8) is 0 Å². The van der Waals surface area contributed by atoms with Gasteiger partial charge in [-0.3, -0.25) is 9.78 Å². The number of rotatable bonds is 0. The maximum atomic E-state index is 12.3. The Morgan fingerprint density at radius 1 is 0.895 bits per heavy atom. The number of hydrogen-bond acceptors (Lipinski definition) is 3. The minimum atomic E-state index is -0.0248. The minimum absolute atomic E-state index is 0.0248. The van der Waals surface area contributed by atoms with Crippen molar-refractivity contribution in [1.29, 1.82) is 0 Å². The summed E-state index contributed by atoms with van der Waals surface area (Å²) in [5, 5.41) is 10.7. The molecule has 0 spiro atoms. The Balaban J connectivity index is 2.25. The SMILES string of the molecule is O=C1c2ccccc2-c2c1cnc1cccc(O)c21. The van der Waals surface area contributed by atoms with Gasteiger partial charge in [0.15, 0.2) is 5.78 Å². The fourth-order valence-electron chi connectivity index (χ4n) is 2.72. The van der Waals surface area contributed by atoms with Gasteiger partial charge >= 0.3 is 0 Å². The number of aromatic hydroxyl groups is 1. The second-order valence-electron chi connectivity index (χ2n) is 4.59. The molecule has 1 heterocycles. The summed E-state index contributed by atoms with van der Waals surface area (Å²) in [6.07, 6.45) is 1.60. The number of ketones is 1. The zero-order valence-corrected chi connectivity index (χ0v) is 9.92. The molecule has 0 saturated heterocycles. The molecule has 0 fully saturated rings. The fourth-order valence-corrected chi connectivity index (χ4v) is 2.72. The van der Waals surface area contributed by atoms with E-state index in [1.807, 2.05) is 30.3 Å². The van der Waals surface area contributed by atoms with Crippen LogP contribution in [0.2, 0.25) is 0 Å². The molecule has 19 heavy (non-hydrogen) atoms. The van der Waals surface area contributed by atoms with Crippen LogP contribution in [-0.2, 0) is 0 Å². The van der Waals surface area contributed by atoms with Gasteiger partial charge in [0.2, 0.25) is 0 Å². The quantitative estimate of drug-likeness (QED) is 0.519. The van der Waals surface area contributed by atoms with E-state index in [0.717, 1.165) is 11.1 Å². The average Bonchev–Trinajstić information content (AvgIpc) is 2.73. The molecule has 90 valence electrons. The molecular formula is C16H9NO2. The standard InChI is InChI=1S/C16H9NO2/c18-13-7-3-6-12-15(13)14-9-4-1-2-5-10(9)16(19)11(14)8-17-12/h1-8,18H. The molecule has 3 heteroatoms. The zero-order valence-electron chi connectivity index (χ0n) is 9.92. The molecule has 1 aliphatic rings. The topological polar surface area (TPSA) is 50.2 Å². The molecular weight excluding hydrogens is 238 g/mol. The van der Waals surface area contributed by atoms with Gasteiger partial charge in [0.25, 0.3) is 0 Å². The Morgan fingerprint density at radius 3 is 2.53 bits per heavy atom. The van der Waals surface area contributed by atoms with Crippen LogP contribution >= 0.6 is 0 Å². The van der Waals surface area contributed by atoms with Crippen molar-refractivity contribution in [2.24, 2.45) is 0 Å². The van der Waals surface area contributed by atoms with E-state index >= 15 is 0 Å². The highest BCUT2D eigenvalue weighted by Gasteiger charge is 2.29. The third kappa shape index (κ3) is 1.21. The molecule has 0 aliphatic heterocycles. The summed E-state index contributed by atoms with van der Waals surface area (Å²) < 4.78 is 0. The van der Waals surface area contributed by atoms with E-state index in [2.05, 4.69) is 4.98 Å². The number of phenols is 1. The van der Waals surface area contributed by atoms with E-state index < -0.39 is 0 Å². The molecule has 0 unspecified atom stereocenters. The monoisotopic (exact) mass is 247 g/mol. The fraction of sp³-hybridized carbons (Fsp3) is 0. The van der Waals surface area contributed by atoms with E-state index in [1.165, 1.54) is 0 Å². The predicted octanol–water partition coefficient (Wildman–Crippen LogP) is 3.15.